The first kappa shape index (κ1) is 21.6. The van der Waals surface area contributed by atoms with Crippen molar-refractivity contribution in [3.05, 3.63) is 47.8 Å². The van der Waals surface area contributed by atoms with E-state index in [9.17, 15) is 13.6 Å². The maximum absolute atomic E-state index is 13.2. The Morgan fingerprint density at radius 3 is 2.67 bits per heavy atom. The molecule has 9 heteroatoms. The highest BCUT2D eigenvalue weighted by atomic mass is 19.3. The fourth-order valence-corrected chi connectivity index (χ4v) is 4.55. The average Bonchev–Trinajstić information content (AvgIpc) is 3.33. The first-order chi connectivity index (χ1) is 15.9. The molecule has 1 N–H and O–H groups in total. The molecule has 1 amide bonds. The SMILES string of the molecule is COc1cc(-c2cnc3cc(C4CCCN4C)ccn23)cc(OC(F)F)c1C(=O)NC1CC1. The normalized spacial score (nSPS) is 18.8. The van der Waals surface area contributed by atoms with Crippen LogP contribution < -0.4 is 14.8 Å². The van der Waals surface area contributed by atoms with Crippen LogP contribution in [0.15, 0.2) is 36.7 Å². The van der Waals surface area contributed by atoms with E-state index in [2.05, 4.69) is 34.4 Å². The lowest BCUT2D eigenvalue weighted by molar-refractivity contribution is -0.0502. The Kier molecular flexibility index (Phi) is 5.65. The van der Waals surface area contributed by atoms with Gasteiger partial charge in [0.25, 0.3) is 5.91 Å². The number of likely N-dealkylation sites (tertiary alicyclic amines) is 1. The predicted molar refractivity (Wildman–Crippen MR) is 119 cm³/mol. The molecule has 5 rings (SSSR count). The van der Waals surface area contributed by atoms with E-state index in [1.807, 2.05) is 10.6 Å². The smallest absolute Gasteiger partial charge is 0.387 e. The summed E-state index contributed by atoms with van der Waals surface area (Å²) in [6, 6.07) is 7.65. The van der Waals surface area contributed by atoms with Crippen LogP contribution in [-0.4, -0.2) is 53.5 Å². The second kappa shape index (κ2) is 8.62. The summed E-state index contributed by atoms with van der Waals surface area (Å²) in [4.78, 5) is 19.6. The number of amides is 1. The Balaban J connectivity index is 1.56. The van der Waals surface area contributed by atoms with E-state index in [4.69, 9.17) is 9.47 Å². The number of hydrogen-bond donors (Lipinski definition) is 1. The molecule has 1 aliphatic heterocycles. The molecule has 0 bridgehead atoms. The molecule has 0 radical (unpaired) electrons. The molecule has 33 heavy (non-hydrogen) atoms. The Morgan fingerprint density at radius 2 is 2.00 bits per heavy atom. The fourth-order valence-electron chi connectivity index (χ4n) is 4.55. The highest BCUT2D eigenvalue weighted by Gasteiger charge is 2.29. The topological polar surface area (TPSA) is 68.1 Å². The minimum Gasteiger partial charge on any atom is -0.496 e. The largest absolute Gasteiger partial charge is 0.496 e. The molecule has 3 aromatic rings. The van der Waals surface area contributed by atoms with Crippen LogP contribution in [-0.2, 0) is 0 Å². The van der Waals surface area contributed by atoms with Gasteiger partial charge in [-0.1, -0.05) is 0 Å². The molecule has 1 atom stereocenters. The van der Waals surface area contributed by atoms with Crippen LogP contribution in [0.1, 0.15) is 47.6 Å². The first-order valence-electron chi connectivity index (χ1n) is 11.1. The Hall–Kier alpha value is -3.20. The number of alkyl halides is 2. The van der Waals surface area contributed by atoms with Crippen LogP contribution in [0.4, 0.5) is 8.78 Å². The number of nitrogens with zero attached hydrogens (tertiary/aromatic N) is 3. The lowest BCUT2D eigenvalue weighted by atomic mass is 10.0. The minimum absolute atomic E-state index is 0.0335. The molecule has 2 aliphatic rings. The molecular formula is C24H26F2N4O3. The van der Waals surface area contributed by atoms with Crippen LogP contribution in [0.2, 0.25) is 0 Å². The number of nitrogens with one attached hydrogen (secondary N) is 1. The minimum atomic E-state index is -3.08. The zero-order valence-corrected chi connectivity index (χ0v) is 18.6. The number of ether oxygens (including phenoxy) is 2. The Labute approximate surface area is 190 Å². The molecule has 2 fully saturated rings. The molecule has 1 saturated heterocycles. The van der Waals surface area contributed by atoms with Gasteiger partial charge >= 0.3 is 6.61 Å². The lowest BCUT2D eigenvalue weighted by Gasteiger charge is -2.20. The summed E-state index contributed by atoms with van der Waals surface area (Å²) in [6.45, 7) is -2.01. The van der Waals surface area contributed by atoms with Crippen molar-refractivity contribution >= 4 is 11.6 Å². The lowest BCUT2D eigenvalue weighted by Crippen LogP contribution is -2.26. The van der Waals surface area contributed by atoms with E-state index in [1.54, 1.807) is 12.3 Å². The highest BCUT2D eigenvalue weighted by molar-refractivity contribution is 6.01. The van der Waals surface area contributed by atoms with Crippen molar-refractivity contribution in [3.8, 4) is 22.8 Å². The van der Waals surface area contributed by atoms with Gasteiger partial charge < -0.3 is 14.8 Å². The van der Waals surface area contributed by atoms with Crippen LogP contribution in [0, 0.1) is 0 Å². The number of methoxy groups -OCH3 is 1. The fraction of sp³-hybridized carbons (Fsp3) is 0.417. The van der Waals surface area contributed by atoms with Gasteiger partial charge in [0.2, 0.25) is 0 Å². The first-order valence-corrected chi connectivity index (χ1v) is 11.1. The zero-order chi connectivity index (χ0) is 23.1. The summed E-state index contributed by atoms with van der Waals surface area (Å²) in [5.41, 5.74) is 3.17. The average molecular weight is 456 g/mol. The van der Waals surface area contributed by atoms with Gasteiger partial charge in [-0.25, -0.2) is 4.98 Å². The number of aromatic nitrogens is 2. The predicted octanol–water partition coefficient (Wildman–Crippen LogP) is 4.27. The number of benzene rings is 1. The van der Waals surface area contributed by atoms with Crippen molar-refractivity contribution in [3.63, 3.8) is 0 Å². The molecule has 1 aliphatic carbocycles. The molecule has 7 nitrogen and oxygen atoms in total. The summed E-state index contributed by atoms with van der Waals surface area (Å²) in [5, 5.41) is 2.81. The summed E-state index contributed by atoms with van der Waals surface area (Å²) < 4.78 is 38.5. The summed E-state index contributed by atoms with van der Waals surface area (Å²) in [5.74, 6) is -0.544. The molecule has 1 saturated carbocycles. The van der Waals surface area contributed by atoms with Crippen molar-refractivity contribution in [1.82, 2.24) is 19.6 Å². The second-order valence-corrected chi connectivity index (χ2v) is 8.65. The molecule has 174 valence electrons. The summed E-state index contributed by atoms with van der Waals surface area (Å²) in [6.07, 6.45) is 7.64. The van der Waals surface area contributed by atoms with Gasteiger partial charge in [0, 0.05) is 23.8 Å². The third-order valence-corrected chi connectivity index (χ3v) is 6.38. The standard InChI is InChI=1S/C24H26F2N4O3/c1-29-8-3-4-17(29)14-7-9-30-18(13-27-21(30)12-14)15-10-19(32-2)22(20(11-15)33-24(25)26)23(31)28-16-5-6-16/h7,9-13,16-17,24H,3-6,8H2,1-2H3,(H,28,31). The maximum atomic E-state index is 13.2. The number of carbonyl (C=O) groups excluding carboxylic acids is 1. The van der Waals surface area contributed by atoms with E-state index < -0.39 is 12.5 Å². The van der Waals surface area contributed by atoms with Gasteiger partial charge in [0.1, 0.15) is 22.7 Å². The van der Waals surface area contributed by atoms with Gasteiger partial charge in [0.05, 0.1) is 19.0 Å². The Morgan fingerprint density at radius 1 is 1.21 bits per heavy atom. The highest BCUT2D eigenvalue weighted by Crippen LogP contribution is 2.37. The van der Waals surface area contributed by atoms with Gasteiger partial charge in [-0.15, -0.1) is 0 Å². The maximum Gasteiger partial charge on any atom is 0.387 e. The third-order valence-electron chi connectivity index (χ3n) is 6.38. The number of pyridine rings is 1. The monoisotopic (exact) mass is 456 g/mol. The van der Waals surface area contributed by atoms with Gasteiger partial charge in [-0.3, -0.25) is 14.1 Å². The summed E-state index contributed by atoms with van der Waals surface area (Å²) >= 11 is 0. The van der Waals surface area contributed by atoms with Crippen molar-refractivity contribution in [2.45, 2.75) is 44.4 Å². The molecule has 1 unspecified atom stereocenters. The molecular weight excluding hydrogens is 430 g/mol. The summed E-state index contributed by atoms with van der Waals surface area (Å²) in [7, 11) is 3.52. The number of rotatable bonds is 7. The number of halogens is 2. The van der Waals surface area contributed by atoms with Gasteiger partial charge in [0.15, 0.2) is 0 Å². The van der Waals surface area contributed by atoms with Gasteiger partial charge in [-0.05, 0) is 69.1 Å². The molecule has 0 spiro atoms. The van der Waals surface area contributed by atoms with E-state index in [1.165, 1.54) is 25.2 Å². The quantitative estimate of drug-likeness (QED) is 0.575. The molecule has 1 aromatic carbocycles. The van der Waals surface area contributed by atoms with E-state index in [0.29, 0.717) is 17.3 Å². The van der Waals surface area contributed by atoms with Crippen molar-refractivity contribution in [2.24, 2.45) is 0 Å². The van der Waals surface area contributed by atoms with Gasteiger partial charge in [-0.2, -0.15) is 8.78 Å². The van der Waals surface area contributed by atoms with Crippen LogP contribution >= 0.6 is 0 Å². The molecule has 2 aromatic heterocycles. The third kappa shape index (κ3) is 4.25. The Bertz CT molecular complexity index is 1190. The zero-order valence-electron chi connectivity index (χ0n) is 18.6. The van der Waals surface area contributed by atoms with Crippen molar-refractivity contribution in [2.75, 3.05) is 20.7 Å². The second-order valence-electron chi connectivity index (χ2n) is 8.65. The van der Waals surface area contributed by atoms with E-state index >= 15 is 0 Å². The van der Waals surface area contributed by atoms with Crippen LogP contribution in [0.3, 0.4) is 0 Å². The van der Waals surface area contributed by atoms with Crippen LogP contribution in [0.25, 0.3) is 16.9 Å². The number of hydrogen-bond acceptors (Lipinski definition) is 5. The number of imidazole rings is 1. The van der Waals surface area contributed by atoms with E-state index in [-0.39, 0.29) is 23.1 Å². The van der Waals surface area contributed by atoms with Crippen LogP contribution in [0.5, 0.6) is 11.5 Å². The number of carbonyl (C=O) groups is 1. The van der Waals surface area contributed by atoms with Crippen molar-refractivity contribution in [1.29, 1.82) is 0 Å². The molecule has 3 heterocycles. The van der Waals surface area contributed by atoms with E-state index in [0.717, 1.165) is 31.5 Å². The number of fused-ring (bicyclic) bond motifs is 1. The van der Waals surface area contributed by atoms with Crippen molar-refractivity contribution < 1.29 is 23.0 Å².